The lowest BCUT2D eigenvalue weighted by Gasteiger charge is -2.08. The summed E-state index contributed by atoms with van der Waals surface area (Å²) in [5.41, 5.74) is 5.55. The SMILES string of the molecule is Cc1ccc(NC(=O)c2ccc(Cn3nnc4ccccc43)cc2)cc1I. The molecule has 0 aliphatic heterocycles. The molecule has 0 atom stereocenters. The van der Waals surface area contributed by atoms with Gasteiger partial charge in [0.25, 0.3) is 5.91 Å². The highest BCUT2D eigenvalue weighted by molar-refractivity contribution is 14.1. The Labute approximate surface area is 170 Å². The van der Waals surface area contributed by atoms with E-state index < -0.39 is 0 Å². The second-order valence-corrected chi connectivity index (χ2v) is 7.51. The number of nitrogens with zero attached hydrogens (tertiary/aromatic N) is 3. The maximum atomic E-state index is 12.5. The number of anilines is 1. The molecular weight excluding hydrogens is 451 g/mol. The third-order valence-electron chi connectivity index (χ3n) is 4.40. The Bertz CT molecular complexity index is 1120. The zero-order chi connectivity index (χ0) is 18.8. The van der Waals surface area contributed by atoms with Crippen molar-refractivity contribution in [1.29, 1.82) is 0 Å². The molecule has 27 heavy (non-hydrogen) atoms. The lowest BCUT2D eigenvalue weighted by atomic mass is 10.1. The Balaban J connectivity index is 1.48. The van der Waals surface area contributed by atoms with E-state index in [9.17, 15) is 4.79 Å². The summed E-state index contributed by atoms with van der Waals surface area (Å²) in [6.45, 7) is 2.66. The molecule has 4 rings (SSSR count). The molecule has 0 spiro atoms. The minimum Gasteiger partial charge on any atom is -0.322 e. The number of para-hydroxylation sites is 1. The Morgan fingerprint density at radius 2 is 1.85 bits per heavy atom. The summed E-state index contributed by atoms with van der Waals surface area (Å²) in [6.07, 6.45) is 0. The van der Waals surface area contributed by atoms with Crippen molar-refractivity contribution in [3.05, 3.63) is 87.0 Å². The fourth-order valence-electron chi connectivity index (χ4n) is 2.84. The van der Waals surface area contributed by atoms with E-state index in [1.54, 1.807) is 0 Å². The molecule has 3 aromatic carbocycles. The van der Waals surface area contributed by atoms with Gasteiger partial charge in [-0.3, -0.25) is 4.79 Å². The van der Waals surface area contributed by atoms with Crippen LogP contribution in [-0.2, 0) is 6.54 Å². The molecule has 1 heterocycles. The summed E-state index contributed by atoms with van der Waals surface area (Å²) >= 11 is 2.27. The van der Waals surface area contributed by atoms with Gasteiger partial charge in [-0.15, -0.1) is 5.10 Å². The van der Waals surface area contributed by atoms with Gasteiger partial charge in [-0.25, -0.2) is 4.68 Å². The van der Waals surface area contributed by atoms with Crippen molar-refractivity contribution in [2.24, 2.45) is 0 Å². The van der Waals surface area contributed by atoms with Crippen molar-refractivity contribution in [3.63, 3.8) is 0 Å². The number of aryl methyl sites for hydroxylation is 1. The van der Waals surface area contributed by atoms with E-state index in [4.69, 9.17) is 0 Å². The number of carbonyl (C=O) groups is 1. The Hall–Kier alpha value is -2.74. The van der Waals surface area contributed by atoms with Crippen molar-refractivity contribution >= 4 is 45.2 Å². The lowest BCUT2D eigenvalue weighted by Crippen LogP contribution is -2.12. The first-order chi connectivity index (χ1) is 13.1. The van der Waals surface area contributed by atoms with Crippen LogP contribution in [0.3, 0.4) is 0 Å². The van der Waals surface area contributed by atoms with Crippen LogP contribution in [0.5, 0.6) is 0 Å². The smallest absolute Gasteiger partial charge is 0.255 e. The molecule has 0 bridgehead atoms. The largest absolute Gasteiger partial charge is 0.322 e. The maximum Gasteiger partial charge on any atom is 0.255 e. The van der Waals surface area contributed by atoms with Gasteiger partial charge in [-0.05, 0) is 77.0 Å². The zero-order valence-electron chi connectivity index (χ0n) is 14.7. The van der Waals surface area contributed by atoms with Crippen LogP contribution in [0.4, 0.5) is 5.69 Å². The Morgan fingerprint density at radius 1 is 1.07 bits per heavy atom. The van der Waals surface area contributed by atoms with Gasteiger partial charge in [0.15, 0.2) is 0 Å². The maximum absolute atomic E-state index is 12.5. The molecular formula is C21H17IN4O. The van der Waals surface area contributed by atoms with Crippen LogP contribution in [0.1, 0.15) is 21.5 Å². The first-order valence-corrected chi connectivity index (χ1v) is 9.63. The van der Waals surface area contributed by atoms with E-state index in [0.717, 1.165) is 25.9 Å². The summed E-state index contributed by atoms with van der Waals surface area (Å²) in [7, 11) is 0. The number of hydrogen-bond acceptors (Lipinski definition) is 3. The van der Waals surface area contributed by atoms with Crippen LogP contribution in [0.15, 0.2) is 66.7 Å². The van der Waals surface area contributed by atoms with E-state index in [1.807, 2.05) is 78.3 Å². The number of aromatic nitrogens is 3. The van der Waals surface area contributed by atoms with E-state index in [2.05, 4.69) is 38.2 Å². The Kier molecular flexibility index (Phi) is 4.89. The highest BCUT2D eigenvalue weighted by atomic mass is 127. The third-order valence-corrected chi connectivity index (χ3v) is 5.56. The van der Waals surface area contributed by atoms with Gasteiger partial charge < -0.3 is 5.32 Å². The Morgan fingerprint density at radius 3 is 2.63 bits per heavy atom. The fourth-order valence-corrected chi connectivity index (χ4v) is 3.36. The molecule has 0 fully saturated rings. The van der Waals surface area contributed by atoms with Crippen LogP contribution in [-0.4, -0.2) is 20.9 Å². The molecule has 0 saturated carbocycles. The lowest BCUT2D eigenvalue weighted by molar-refractivity contribution is 0.102. The highest BCUT2D eigenvalue weighted by Crippen LogP contribution is 2.18. The predicted molar refractivity (Wildman–Crippen MR) is 115 cm³/mol. The average Bonchev–Trinajstić information content (AvgIpc) is 3.08. The minimum atomic E-state index is -0.118. The van der Waals surface area contributed by atoms with Crippen LogP contribution in [0, 0.1) is 10.5 Å². The second-order valence-electron chi connectivity index (χ2n) is 6.35. The fraction of sp³-hybridized carbons (Fsp3) is 0.0952. The van der Waals surface area contributed by atoms with Crippen LogP contribution in [0.25, 0.3) is 11.0 Å². The van der Waals surface area contributed by atoms with E-state index in [-0.39, 0.29) is 5.91 Å². The third kappa shape index (κ3) is 3.85. The number of amides is 1. The van der Waals surface area contributed by atoms with Crippen LogP contribution >= 0.6 is 22.6 Å². The monoisotopic (exact) mass is 468 g/mol. The second kappa shape index (κ2) is 7.48. The molecule has 0 aliphatic carbocycles. The summed E-state index contributed by atoms with van der Waals surface area (Å²) in [5.74, 6) is -0.118. The molecule has 1 amide bonds. The number of fused-ring (bicyclic) bond motifs is 1. The van der Waals surface area contributed by atoms with Crippen molar-refractivity contribution in [1.82, 2.24) is 15.0 Å². The number of halogens is 1. The molecule has 4 aromatic rings. The molecule has 0 radical (unpaired) electrons. The number of nitrogens with one attached hydrogen (secondary N) is 1. The predicted octanol–water partition coefficient (Wildman–Crippen LogP) is 4.64. The van der Waals surface area contributed by atoms with Gasteiger partial charge in [0.05, 0.1) is 12.1 Å². The van der Waals surface area contributed by atoms with Gasteiger partial charge >= 0.3 is 0 Å². The van der Waals surface area contributed by atoms with Crippen molar-refractivity contribution in [2.75, 3.05) is 5.32 Å². The topological polar surface area (TPSA) is 59.8 Å². The molecule has 5 nitrogen and oxygen atoms in total. The summed E-state index contributed by atoms with van der Waals surface area (Å²) in [5, 5.41) is 11.3. The number of rotatable bonds is 4. The highest BCUT2D eigenvalue weighted by Gasteiger charge is 2.08. The molecule has 1 aromatic heterocycles. The average molecular weight is 468 g/mol. The van der Waals surface area contributed by atoms with E-state index in [0.29, 0.717) is 12.1 Å². The molecule has 0 saturated heterocycles. The summed E-state index contributed by atoms with van der Waals surface area (Å²) < 4.78 is 2.99. The summed E-state index contributed by atoms with van der Waals surface area (Å²) in [6, 6.07) is 21.3. The first kappa shape index (κ1) is 17.7. The van der Waals surface area contributed by atoms with Gasteiger partial charge in [0.1, 0.15) is 5.52 Å². The zero-order valence-corrected chi connectivity index (χ0v) is 16.8. The van der Waals surface area contributed by atoms with Gasteiger partial charge in [0.2, 0.25) is 0 Å². The van der Waals surface area contributed by atoms with E-state index >= 15 is 0 Å². The van der Waals surface area contributed by atoms with Gasteiger partial charge in [-0.1, -0.05) is 35.5 Å². The molecule has 0 unspecified atom stereocenters. The van der Waals surface area contributed by atoms with Crippen molar-refractivity contribution in [2.45, 2.75) is 13.5 Å². The van der Waals surface area contributed by atoms with Gasteiger partial charge in [0, 0.05) is 14.8 Å². The van der Waals surface area contributed by atoms with Crippen molar-refractivity contribution in [3.8, 4) is 0 Å². The van der Waals surface area contributed by atoms with Crippen LogP contribution < -0.4 is 5.32 Å². The minimum absolute atomic E-state index is 0.118. The van der Waals surface area contributed by atoms with Crippen molar-refractivity contribution < 1.29 is 4.79 Å². The number of carbonyl (C=O) groups excluding carboxylic acids is 1. The number of benzene rings is 3. The summed E-state index contributed by atoms with van der Waals surface area (Å²) in [4.78, 5) is 12.5. The quantitative estimate of drug-likeness (QED) is 0.444. The first-order valence-electron chi connectivity index (χ1n) is 8.55. The number of hydrogen-bond donors (Lipinski definition) is 1. The van der Waals surface area contributed by atoms with Crippen LogP contribution in [0.2, 0.25) is 0 Å². The van der Waals surface area contributed by atoms with E-state index in [1.165, 1.54) is 5.56 Å². The normalized spacial score (nSPS) is 10.9. The van der Waals surface area contributed by atoms with Gasteiger partial charge in [-0.2, -0.15) is 0 Å². The molecule has 1 N–H and O–H groups in total. The standard InChI is InChI=1S/C21H17IN4O/c1-14-6-11-17(12-18(14)22)23-21(27)16-9-7-15(8-10-16)13-26-20-5-3-2-4-19(20)24-25-26/h2-12H,13H2,1H3,(H,23,27). The molecule has 6 heteroatoms. The molecule has 134 valence electrons. The molecule has 0 aliphatic rings.